The summed E-state index contributed by atoms with van der Waals surface area (Å²) in [5.41, 5.74) is 0.925. The second-order valence-electron chi connectivity index (χ2n) is 5.06. The second kappa shape index (κ2) is 5.27. The Morgan fingerprint density at radius 3 is 2.67 bits per heavy atom. The van der Waals surface area contributed by atoms with Gasteiger partial charge in [-0.2, -0.15) is 5.26 Å². The van der Waals surface area contributed by atoms with Crippen LogP contribution in [0, 0.1) is 23.1 Å². The van der Waals surface area contributed by atoms with Gasteiger partial charge in [0.15, 0.2) is 5.82 Å². The van der Waals surface area contributed by atoms with Crippen molar-refractivity contribution < 1.29 is 4.39 Å². The summed E-state index contributed by atoms with van der Waals surface area (Å²) in [4.78, 5) is 2.08. The third-order valence-corrected chi connectivity index (χ3v) is 4.04. The molecule has 2 rings (SSSR count). The lowest BCUT2D eigenvalue weighted by atomic mass is 10.1. The van der Waals surface area contributed by atoms with E-state index in [2.05, 4.69) is 34.7 Å². The maximum atomic E-state index is 14.3. The molecule has 0 aliphatic heterocycles. The Balaban J connectivity index is 2.35. The Kier molecular flexibility index (Phi) is 3.91. The van der Waals surface area contributed by atoms with Crippen LogP contribution in [0.1, 0.15) is 32.3 Å². The third-order valence-electron chi connectivity index (χ3n) is 3.27. The fourth-order valence-corrected chi connectivity index (χ4v) is 2.44. The van der Waals surface area contributed by atoms with Crippen LogP contribution in [0.25, 0.3) is 0 Å². The molecule has 1 aromatic carbocycles. The van der Waals surface area contributed by atoms with Crippen LogP contribution in [0.3, 0.4) is 0 Å². The van der Waals surface area contributed by atoms with Crippen molar-refractivity contribution in [3.63, 3.8) is 0 Å². The van der Waals surface area contributed by atoms with Gasteiger partial charge in [-0.05, 0) is 60.7 Å². The zero-order valence-electron chi connectivity index (χ0n) is 10.6. The lowest BCUT2D eigenvalue weighted by Gasteiger charge is -2.29. The van der Waals surface area contributed by atoms with Crippen molar-refractivity contribution >= 4 is 21.6 Å². The van der Waals surface area contributed by atoms with Crippen LogP contribution < -0.4 is 4.90 Å². The number of hydrogen-bond donors (Lipinski definition) is 0. The molecule has 4 heteroatoms. The maximum absolute atomic E-state index is 14.3. The van der Waals surface area contributed by atoms with Crippen molar-refractivity contribution in [1.82, 2.24) is 0 Å². The summed E-state index contributed by atoms with van der Waals surface area (Å²) in [6.07, 6.45) is 2.48. The van der Waals surface area contributed by atoms with Gasteiger partial charge in [0, 0.05) is 12.6 Å². The summed E-state index contributed by atoms with van der Waals surface area (Å²) in [6.45, 7) is 5.02. The monoisotopic (exact) mass is 310 g/mol. The molecule has 0 saturated heterocycles. The Bertz CT molecular complexity index is 489. The highest BCUT2D eigenvalue weighted by atomic mass is 79.9. The first kappa shape index (κ1) is 13.4. The number of hydrogen-bond acceptors (Lipinski definition) is 2. The van der Waals surface area contributed by atoms with E-state index < -0.39 is 0 Å². The molecular weight excluding hydrogens is 295 g/mol. The van der Waals surface area contributed by atoms with E-state index in [1.54, 1.807) is 12.1 Å². The van der Waals surface area contributed by atoms with E-state index in [1.165, 1.54) is 12.8 Å². The molecule has 18 heavy (non-hydrogen) atoms. The molecule has 0 bridgehead atoms. The number of halogens is 2. The van der Waals surface area contributed by atoms with Gasteiger partial charge in [-0.1, -0.05) is 0 Å². The molecule has 0 aromatic heterocycles. The largest absolute Gasteiger partial charge is 0.366 e. The lowest BCUT2D eigenvalue weighted by molar-refractivity contribution is 0.583. The molecule has 0 amide bonds. The maximum Gasteiger partial charge on any atom is 0.161 e. The topological polar surface area (TPSA) is 27.0 Å². The van der Waals surface area contributed by atoms with Gasteiger partial charge in [-0.15, -0.1) is 0 Å². The van der Waals surface area contributed by atoms with Crippen molar-refractivity contribution in [2.24, 2.45) is 5.92 Å². The molecular formula is C14H16BrFN2. The highest BCUT2D eigenvalue weighted by molar-refractivity contribution is 9.10. The molecule has 0 unspecified atom stereocenters. The summed E-state index contributed by atoms with van der Waals surface area (Å²) in [5, 5.41) is 8.88. The minimum atomic E-state index is -0.330. The summed E-state index contributed by atoms with van der Waals surface area (Å²) in [5.74, 6) is 0.365. The molecule has 2 nitrogen and oxygen atoms in total. The van der Waals surface area contributed by atoms with E-state index in [-0.39, 0.29) is 16.3 Å². The highest BCUT2D eigenvalue weighted by Gasteiger charge is 2.27. The molecule has 0 heterocycles. The van der Waals surface area contributed by atoms with Gasteiger partial charge in [0.1, 0.15) is 6.07 Å². The van der Waals surface area contributed by atoms with Crippen LogP contribution in [0.15, 0.2) is 16.6 Å². The Hall–Kier alpha value is -1.08. The van der Waals surface area contributed by atoms with Crippen LogP contribution >= 0.6 is 15.9 Å². The predicted molar refractivity (Wildman–Crippen MR) is 74.0 cm³/mol. The molecule has 0 spiro atoms. The van der Waals surface area contributed by atoms with Crippen molar-refractivity contribution in [1.29, 1.82) is 5.26 Å². The van der Waals surface area contributed by atoms with Gasteiger partial charge in [0.2, 0.25) is 0 Å². The summed E-state index contributed by atoms with van der Waals surface area (Å²) in [7, 11) is 0. The first-order valence-electron chi connectivity index (χ1n) is 6.19. The van der Waals surface area contributed by atoms with Crippen LogP contribution in [-0.4, -0.2) is 12.6 Å². The smallest absolute Gasteiger partial charge is 0.161 e. The van der Waals surface area contributed by atoms with E-state index in [0.29, 0.717) is 17.2 Å². The van der Waals surface area contributed by atoms with Gasteiger partial charge >= 0.3 is 0 Å². The molecule has 1 aliphatic rings. The standard InChI is InChI=1S/C14H16BrFN2/c1-9(2)18(8-10-3-4-10)12-6-5-11(7-17)13(15)14(12)16/h5-6,9-10H,3-4,8H2,1-2H3. The molecule has 1 aliphatic carbocycles. The van der Waals surface area contributed by atoms with Crippen molar-refractivity contribution in [3.05, 3.63) is 28.0 Å². The molecule has 1 fully saturated rings. The average Bonchev–Trinajstić information content (AvgIpc) is 3.14. The molecule has 0 atom stereocenters. The summed E-state index contributed by atoms with van der Waals surface area (Å²) < 4.78 is 14.6. The number of rotatable bonds is 4. The first-order chi connectivity index (χ1) is 8.54. The Morgan fingerprint density at radius 2 is 2.17 bits per heavy atom. The zero-order valence-corrected chi connectivity index (χ0v) is 12.2. The number of nitriles is 1. The number of anilines is 1. The zero-order chi connectivity index (χ0) is 13.3. The van der Waals surface area contributed by atoms with Gasteiger partial charge in [-0.3, -0.25) is 0 Å². The fourth-order valence-electron chi connectivity index (χ4n) is 2.01. The van der Waals surface area contributed by atoms with Gasteiger partial charge in [-0.25, -0.2) is 4.39 Å². The minimum Gasteiger partial charge on any atom is -0.366 e. The van der Waals surface area contributed by atoms with Crippen molar-refractivity contribution in [3.8, 4) is 6.07 Å². The number of benzene rings is 1. The lowest BCUT2D eigenvalue weighted by Crippen LogP contribution is -2.33. The SMILES string of the molecule is CC(C)N(CC1CC1)c1ccc(C#N)c(Br)c1F. The quantitative estimate of drug-likeness (QED) is 0.837. The Labute approximate surface area is 116 Å². The predicted octanol–water partition coefficient (Wildman–Crippen LogP) is 4.08. The number of nitrogens with zero attached hydrogens (tertiary/aromatic N) is 2. The Morgan fingerprint density at radius 1 is 1.50 bits per heavy atom. The van der Waals surface area contributed by atoms with E-state index >= 15 is 0 Å². The minimum absolute atomic E-state index is 0.250. The van der Waals surface area contributed by atoms with Crippen molar-refractivity contribution in [2.45, 2.75) is 32.7 Å². The molecule has 96 valence electrons. The normalized spacial score (nSPS) is 14.7. The van der Waals surface area contributed by atoms with Crippen LogP contribution in [0.5, 0.6) is 0 Å². The molecule has 0 N–H and O–H groups in total. The van der Waals surface area contributed by atoms with Crippen molar-refractivity contribution in [2.75, 3.05) is 11.4 Å². The van der Waals surface area contributed by atoms with E-state index in [9.17, 15) is 4.39 Å². The molecule has 0 radical (unpaired) electrons. The van der Waals surface area contributed by atoms with Crippen LogP contribution in [-0.2, 0) is 0 Å². The van der Waals surface area contributed by atoms with Gasteiger partial charge in [0.05, 0.1) is 15.7 Å². The molecule has 1 aromatic rings. The first-order valence-corrected chi connectivity index (χ1v) is 6.98. The summed E-state index contributed by atoms with van der Waals surface area (Å²) >= 11 is 3.17. The van der Waals surface area contributed by atoms with Crippen LogP contribution in [0.2, 0.25) is 0 Å². The second-order valence-corrected chi connectivity index (χ2v) is 5.85. The van der Waals surface area contributed by atoms with Crippen LogP contribution in [0.4, 0.5) is 10.1 Å². The highest BCUT2D eigenvalue weighted by Crippen LogP contribution is 2.35. The molecule has 1 saturated carbocycles. The fraction of sp³-hybridized carbons (Fsp3) is 0.500. The van der Waals surface area contributed by atoms with Gasteiger partial charge < -0.3 is 4.90 Å². The average molecular weight is 311 g/mol. The van der Waals surface area contributed by atoms with E-state index in [1.807, 2.05) is 6.07 Å². The van der Waals surface area contributed by atoms with Gasteiger partial charge in [0.25, 0.3) is 0 Å². The third kappa shape index (κ3) is 2.67. The van der Waals surface area contributed by atoms with E-state index in [4.69, 9.17) is 5.26 Å². The summed E-state index contributed by atoms with van der Waals surface area (Å²) in [6, 6.07) is 5.61. The van der Waals surface area contributed by atoms with E-state index in [0.717, 1.165) is 6.54 Å².